The SMILES string of the molecule is Cc1c(OCCOCCOCc2ccccc2)ccnc1CS(=O)c1nc2ccc(C(F)(F)F)cc2[nH]1. The number of nitrogens with one attached hydrogen (secondary N) is 1. The topological polar surface area (TPSA) is 86.3 Å². The molecule has 0 saturated carbocycles. The number of fused-ring (bicyclic) bond motifs is 1. The summed E-state index contributed by atoms with van der Waals surface area (Å²) in [6.07, 6.45) is -2.91. The van der Waals surface area contributed by atoms with Gasteiger partial charge in [0.15, 0.2) is 5.16 Å². The molecular weight excluding hydrogens is 507 g/mol. The third-order valence-electron chi connectivity index (χ3n) is 5.50. The molecule has 0 amide bonds. The average Bonchev–Trinajstić information content (AvgIpc) is 3.31. The number of hydrogen-bond donors (Lipinski definition) is 1. The second kappa shape index (κ2) is 12.3. The molecule has 0 aliphatic carbocycles. The highest BCUT2D eigenvalue weighted by atomic mass is 32.2. The van der Waals surface area contributed by atoms with Gasteiger partial charge in [-0.15, -0.1) is 0 Å². The molecule has 2 aromatic carbocycles. The molecule has 1 atom stereocenters. The summed E-state index contributed by atoms with van der Waals surface area (Å²) in [5.74, 6) is 0.620. The summed E-state index contributed by atoms with van der Waals surface area (Å²) < 4.78 is 68.7. The van der Waals surface area contributed by atoms with Crippen LogP contribution in [0.25, 0.3) is 11.0 Å². The molecule has 0 saturated heterocycles. The van der Waals surface area contributed by atoms with Crippen molar-refractivity contribution < 1.29 is 31.6 Å². The van der Waals surface area contributed by atoms with Gasteiger partial charge in [0.1, 0.15) is 12.4 Å². The van der Waals surface area contributed by atoms with Crippen molar-refractivity contribution in [2.45, 2.75) is 30.6 Å². The Balaban J connectivity index is 1.25. The normalized spacial score (nSPS) is 12.6. The summed E-state index contributed by atoms with van der Waals surface area (Å²) in [4.78, 5) is 11.2. The summed E-state index contributed by atoms with van der Waals surface area (Å²) in [5, 5.41) is 0.0877. The van der Waals surface area contributed by atoms with Crippen molar-refractivity contribution in [3.05, 3.63) is 83.2 Å². The molecule has 0 radical (unpaired) electrons. The quantitative estimate of drug-likeness (QED) is 0.252. The second-order valence-electron chi connectivity index (χ2n) is 8.14. The summed E-state index contributed by atoms with van der Waals surface area (Å²) in [7, 11) is -1.64. The number of pyridine rings is 1. The largest absolute Gasteiger partial charge is 0.491 e. The van der Waals surface area contributed by atoms with E-state index in [0.717, 1.165) is 23.3 Å². The van der Waals surface area contributed by atoms with Gasteiger partial charge >= 0.3 is 6.18 Å². The predicted molar refractivity (Wildman–Crippen MR) is 133 cm³/mol. The lowest BCUT2D eigenvalue weighted by atomic mass is 10.2. The van der Waals surface area contributed by atoms with Crippen molar-refractivity contribution in [1.29, 1.82) is 0 Å². The zero-order chi connectivity index (χ0) is 26.3. The van der Waals surface area contributed by atoms with Crippen LogP contribution in [0.3, 0.4) is 0 Å². The molecule has 4 rings (SSSR count). The van der Waals surface area contributed by atoms with Gasteiger partial charge in [-0.05, 0) is 36.8 Å². The number of ether oxygens (including phenoxy) is 3. The highest BCUT2D eigenvalue weighted by Crippen LogP contribution is 2.31. The van der Waals surface area contributed by atoms with Crippen molar-refractivity contribution in [1.82, 2.24) is 15.0 Å². The first-order chi connectivity index (χ1) is 17.8. The molecule has 11 heteroatoms. The summed E-state index contributed by atoms with van der Waals surface area (Å²) in [6.45, 7) is 3.94. The van der Waals surface area contributed by atoms with Crippen LogP contribution >= 0.6 is 0 Å². The van der Waals surface area contributed by atoms with E-state index >= 15 is 0 Å². The van der Waals surface area contributed by atoms with E-state index in [-0.39, 0.29) is 16.4 Å². The van der Waals surface area contributed by atoms with E-state index in [2.05, 4.69) is 15.0 Å². The van der Waals surface area contributed by atoms with Gasteiger partial charge in [-0.2, -0.15) is 13.2 Å². The minimum atomic E-state index is -4.47. The highest BCUT2D eigenvalue weighted by molar-refractivity contribution is 7.84. The average molecular weight is 534 g/mol. The van der Waals surface area contributed by atoms with Gasteiger partial charge in [0.05, 0.1) is 65.3 Å². The molecule has 2 heterocycles. The Morgan fingerprint density at radius 3 is 2.51 bits per heavy atom. The van der Waals surface area contributed by atoms with Crippen LogP contribution in [-0.4, -0.2) is 45.6 Å². The molecular formula is C26H26F3N3O4S. The lowest BCUT2D eigenvalue weighted by Crippen LogP contribution is -2.12. The molecule has 0 fully saturated rings. The smallest absolute Gasteiger partial charge is 0.416 e. The molecule has 0 bridgehead atoms. The number of alkyl halides is 3. The van der Waals surface area contributed by atoms with E-state index in [1.165, 1.54) is 6.07 Å². The Bertz CT molecular complexity index is 1350. The number of H-pyrrole nitrogens is 1. The van der Waals surface area contributed by atoms with Gasteiger partial charge in [-0.25, -0.2) is 4.98 Å². The first-order valence-corrected chi connectivity index (χ1v) is 12.8. The van der Waals surface area contributed by atoms with E-state index in [1.807, 2.05) is 30.3 Å². The zero-order valence-electron chi connectivity index (χ0n) is 20.1. The number of imidazole rings is 1. The number of rotatable bonds is 12. The van der Waals surface area contributed by atoms with E-state index < -0.39 is 22.5 Å². The van der Waals surface area contributed by atoms with Crippen LogP contribution in [0.15, 0.2) is 66.0 Å². The Kier molecular flexibility index (Phi) is 8.91. The Labute approximate surface area is 214 Å². The molecule has 37 heavy (non-hydrogen) atoms. The fraction of sp³-hybridized carbons (Fsp3) is 0.308. The van der Waals surface area contributed by atoms with Crippen LogP contribution in [0.4, 0.5) is 13.2 Å². The van der Waals surface area contributed by atoms with Crippen LogP contribution < -0.4 is 4.74 Å². The maximum Gasteiger partial charge on any atom is 0.416 e. The summed E-state index contributed by atoms with van der Waals surface area (Å²) >= 11 is 0. The minimum Gasteiger partial charge on any atom is -0.491 e. The van der Waals surface area contributed by atoms with Crippen molar-refractivity contribution in [3.63, 3.8) is 0 Å². The number of aromatic amines is 1. The molecule has 0 spiro atoms. The lowest BCUT2D eigenvalue weighted by Gasteiger charge is -2.12. The molecule has 4 aromatic rings. The van der Waals surface area contributed by atoms with Gasteiger partial charge in [0, 0.05) is 11.8 Å². The standard InChI is InChI=1S/C26H26F3N3O4S/c1-18-23(17-37(33)25-31-21-8-7-20(26(27,28)29)15-22(21)32-25)30-10-9-24(18)36-14-13-34-11-12-35-16-19-5-3-2-4-6-19/h2-10,15H,11-14,16-17H2,1H3,(H,31,32). The second-order valence-corrected chi connectivity index (χ2v) is 9.51. The van der Waals surface area contributed by atoms with Crippen LogP contribution in [-0.2, 0) is 38.8 Å². The van der Waals surface area contributed by atoms with Gasteiger partial charge in [-0.1, -0.05) is 30.3 Å². The summed E-state index contributed by atoms with van der Waals surface area (Å²) in [5.41, 5.74) is 2.05. The van der Waals surface area contributed by atoms with Crippen LogP contribution in [0.2, 0.25) is 0 Å². The fourth-order valence-electron chi connectivity index (χ4n) is 3.52. The number of benzene rings is 2. The molecule has 7 nitrogen and oxygen atoms in total. The van der Waals surface area contributed by atoms with Gasteiger partial charge in [-0.3, -0.25) is 9.19 Å². The van der Waals surface area contributed by atoms with Crippen molar-refractivity contribution in [2.75, 3.05) is 26.4 Å². The molecule has 1 N–H and O–H groups in total. The van der Waals surface area contributed by atoms with Crippen LogP contribution in [0.1, 0.15) is 22.4 Å². The number of nitrogens with zero attached hydrogens (tertiary/aromatic N) is 2. The third-order valence-corrected chi connectivity index (χ3v) is 6.66. The van der Waals surface area contributed by atoms with Crippen molar-refractivity contribution in [3.8, 4) is 5.75 Å². The number of halogens is 3. The Morgan fingerprint density at radius 1 is 0.973 bits per heavy atom. The van der Waals surface area contributed by atoms with Gasteiger partial charge in [0.25, 0.3) is 0 Å². The third kappa shape index (κ3) is 7.37. The fourth-order valence-corrected chi connectivity index (χ4v) is 4.62. The molecule has 0 aliphatic heterocycles. The van der Waals surface area contributed by atoms with E-state index in [9.17, 15) is 17.4 Å². The van der Waals surface area contributed by atoms with E-state index in [1.54, 1.807) is 19.2 Å². The first-order valence-electron chi connectivity index (χ1n) is 11.5. The predicted octanol–water partition coefficient (Wildman–Crippen LogP) is 5.21. The van der Waals surface area contributed by atoms with E-state index in [4.69, 9.17) is 14.2 Å². The lowest BCUT2D eigenvalue weighted by molar-refractivity contribution is -0.137. The summed E-state index contributed by atoms with van der Waals surface area (Å²) in [6, 6.07) is 14.8. The molecule has 1 unspecified atom stereocenters. The number of hydrogen-bond acceptors (Lipinski definition) is 6. The maximum atomic E-state index is 13.0. The number of aromatic nitrogens is 3. The monoisotopic (exact) mass is 533 g/mol. The van der Waals surface area contributed by atoms with E-state index in [0.29, 0.717) is 50.0 Å². The highest BCUT2D eigenvalue weighted by Gasteiger charge is 2.31. The Morgan fingerprint density at radius 2 is 1.73 bits per heavy atom. The van der Waals surface area contributed by atoms with Gasteiger partial charge < -0.3 is 19.2 Å². The molecule has 196 valence electrons. The van der Waals surface area contributed by atoms with Crippen molar-refractivity contribution >= 4 is 21.8 Å². The van der Waals surface area contributed by atoms with Crippen molar-refractivity contribution in [2.24, 2.45) is 0 Å². The van der Waals surface area contributed by atoms with Crippen LogP contribution in [0.5, 0.6) is 5.75 Å². The molecule has 2 aromatic heterocycles. The first kappa shape index (κ1) is 26.8. The Hall–Kier alpha value is -3.28. The minimum absolute atomic E-state index is 0.0320. The van der Waals surface area contributed by atoms with Crippen LogP contribution in [0, 0.1) is 6.92 Å². The molecule has 0 aliphatic rings. The zero-order valence-corrected chi connectivity index (χ0v) is 20.9. The maximum absolute atomic E-state index is 13.0. The van der Waals surface area contributed by atoms with Gasteiger partial charge in [0.2, 0.25) is 0 Å².